The molecule has 0 aliphatic rings. The van der Waals surface area contributed by atoms with Crippen LogP contribution in [0.1, 0.15) is 51.7 Å². The molecule has 1 amide bonds. The summed E-state index contributed by atoms with van der Waals surface area (Å²) in [6.45, 7) is 3.42. The number of esters is 1. The zero-order valence-electron chi connectivity index (χ0n) is 16.7. The van der Waals surface area contributed by atoms with Crippen molar-refractivity contribution in [3.63, 3.8) is 0 Å². The van der Waals surface area contributed by atoms with E-state index in [-0.39, 0.29) is 11.7 Å². The minimum Gasteiger partial charge on any atom is -0.465 e. The number of pyridine rings is 1. The van der Waals surface area contributed by atoms with Gasteiger partial charge in [-0.3, -0.25) is 9.59 Å². The molecule has 3 aromatic rings. The molecule has 1 unspecified atom stereocenters. The molecule has 2 heterocycles. The molecule has 30 heavy (non-hydrogen) atoms. The lowest BCUT2D eigenvalue weighted by molar-refractivity contribution is 0.0600. The monoisotopic (exact) mass is 424 g/mol. The Hall–Kier alpha value is -3.46. The topological polar surface area (TPSA) is 117 Å². The van der Waals surface area contributed by atoms with Crippen molar-refractivity contribution in [3.8, 4) is 5.82 Å². The van der Waals surface area contributed by atoms with Gasteiger partial charge in [0.25, 0.3) is 5.24 Å². The number of methoxy groups -OCH3 is 1. The second-order valence-corrected chi connectivity index (χ2v) is 7.58. The van der Waals surface area contributed by atoms with Gasteiger partial charge >= 0.3 is 5.97 Å². The zero-order chi connectivity index (χ0) is 21.8. The summed E-state index contributed by atoms with van der Waals surface area (Å²) in [6, 6.07) is 10.5. The van der Waals surface area contributed by atoms with E-state index in [1.54, 1.807) is 35.1 Å². The summed E-state index contributed by atoms with van der Waals surface area (Å²) in [6.07, 6.45) is 3.20. The minimum absolute atomic E-state index is 0.103. The van der Waals surface area contributed by atoms with Gasteiger partial charge in [0, 0.05) is 28.8 Å². The Balaban J connectivity index is 1.87. The molecule has 0 bridgehead atoms. The van der Waals surface area contributed by atoms with E-state index in [4.69, 9.17) is 5.73 Å². The van der Waals surface area contributed by atoms with Crippen molar-refractivity contribution in [2.24, 2.45) is 5.73 Å². The molecule has 1 aromatic carbocycles. The predicted octanol–water partition coefficient (Wildman–Crippen LogP) is 3.58. The van der Waals surface area contributed by atoms with Gasteiger partial charge in [0.1, 0.15) is 0 Å². The quantitative estimate of drug-likeness (QED) is 0.365. The van der Waals surface area contributed by atoms with Crippen molar-refractivity contribution in [2.75, 3.05) is 7.11 Å². The number of ether oxygens (including phenoxy) is 1. The minimum atomic E-state index is -0.576. The highest BCUT2D eigenvalue weighted by molar-refractivity contribution is 8.13. The number of carbonyl (C=O) groups excluding carboxylic acids is 3. The molecule has 0 saturated heterocycles. The fraction of sp³-hybridized carbons (Fsp3) is 0.190. The Labute approximate surface area is 177 Å². The summed E-state index contributed by atoms with van der Waals surface area (Å²) in [5.41, 5.74) is 7.77. The lowest BCUT2D eigenvalue weighted by Crippen LogP contribution is -2.07. The zero-order valence-corrected chi connectivity index (χ0v) is 17.5. The van der Waals surface area contributed by atoms with Crippen molar-refractivity contribution in [2.45, 2.75) is 24.7 Å². The number of rotatable bonds is 6. The molecule has 1 atom stereocenters. The van der Waals surface area contributed by atoms with Crippen molar-refractivity contribution in [3.05, 3.63) is 71.2 Å². The molecular weight excluding hydrogens is 404 g/mol. The third-order valence-corrected chi connectivity index (χ3v) is 5.31. The van der Waals surface area contributed by atoms with Gasteiger partial charge in [-0.2, -0.15) is 5.10 Å². The first-order valence-corrected chi connectivity index (χ1v) is 9.84. The fourth-order valence-electron chi connectivity index (χ4n) is 2.92. The van der Waals surface area contributed by atoms with E-state index < -0.39 is 11.2 Å². The third-order valence-electron chi connectivity index (χ3n) is 4.55. The number of nitrogens with two attached hydrogens (primary N) is 1. The molecule has 3 rings (SSSR count). The maximum absolute atomic E-state index is 11.8. The van der Waals surface area contributed by atoms with Crippen LogP contribution in [0.2, 0.25) is 0 Å². The van der Waals surface area contributed by atoms with Gasteiger partial charge in [-0.15, -0.1) is 0 Å². The van der Waals surface area contributed by atoms with Crippen molar-refractivity contribution >= 4 is 28.8 Å². The summed E-state index contributed by atoms with van der Waals surface area (Å²) in [5.74, 6) is -0.141. The van der Waals surface area contributed by atoms with Crippen LogP contribution < -0.4 is 5.73 Å². The van der Waals surface area contributed by atoms with Crippen molar-refractivity contribution in [1.29, 1.82) is 0 Å². The number of carbonyl (C=O) groups is 3. The largest absolute Gasteiger partial charge is 0.465 e. The van der Waals surface area contributed by atoms with Crippen LogP contribution in [0.3, 0.4) is 0 Å². The van der Waals surface area contributed by atoms with Crippen LogP contribution in [0.5, 0.6) is 0 Å². The standard InChI is InChI=1S/C21H20N4O4S/c1-12(14-4-6-16(13(2)26)18(10-14)30-21(22)28)17-8-9-25(24-17)19-7-5-15(11-23-19)20(27)29-3/h4-12H,1-3H3,(H2,22,28). The highest BCUT2D eigenvalue weighted by atomic mass is 32.2. The number of hydrogen-bond donors (Lipinski definition) is 1. The number of thioether (sulfide) groups is 1. The molecule has 8 nitrogen and oxygen atoms in total. The molecular formula is C21H20N4O4S. The Morgan fingerprint density at radius 3 is 2.53 bits per heavy atom. The van der Waals surface area contributed by atoms with E-state index in [0.717, 1.165) is 23.0 Å². The van der Waals surface area contributed by atoms with Gasteiger partial charge in [-0.05, 0) is 54.6 Å². The summed E-state index contributed by atoms with van der Waals surface area (Å²) in [4.78, 5) is 39.5. The van der Waals surface area contributed by atoms with Crippen LogP contribution in [0.25, 0.3) is 5.82 Å². The van der Waals surface area contributed by atoms with E-state index >= 15 is 0 Å². The van der Waals surface area contributed by atoms with Crippen molar-refractivity contribution in [1.82, 2.24) is 14.8 Å². The van der Waals surface area contributed by atoms with Crippen LogP contribution >= 0.6 is 11.8 Å². The average Bonchev–Trinajstić information content (AvgIpc) is 3.22. The Morgan fingerprint density at radius 2 is 1.93 bits per heavy atom. The number of Topliss-reactive ketones (excluding diaryl/α,β-unsaturated/α-hetero) is 1. The molecule has 2 N–H and O–H groups in total. The second-order valence-electron chi connectivity index (χ2n) is 6.54. The van der Waals surface area contributed by atoms with Gasteiger partial charge < -0.3 is 10.5 Å². The van der Waals surface area contributed by atoms with Crippen LogP contribution in [0, 0.1) is 0 Å². The second kappa shape index (κ2) is 8.91. The summed E-state index contributed by atoms with van der Waals surface area (Å²) in [7, 11) is 1.31. The summed E-state index contributed by atoms with van der Waals surface area (Å²) in [5, 5.41) is 4.00. The lowest BCUT2D eigenvalue weighted by atomic mass is 9.96. The van der Waals surface area contributed by atoms with Gasteiger partial charge in [0.15, 0.2) is 11.6 Å². The number of ketones is 1. The average molecular weight is 424 g/mol. The van der Waals surface area contributed by atoms with E-state index in [1.165, 1.54) is 20.2 Å². The number of hydrogen-bond acceptors (Lipinski definition) is 7. The third kappa shape index (κ3) is 4.57. The number of primary amides is 1. The first kappa shape index (κ1) is 21.3. The summed E-state index contributed by atoms with van der Waals surface area (Å²) >= 11 is 0.832. The number of nitrogens with zero attached hydrogens (tertiary/aromatic N) is 3. The summed E-state index contributed by atoms with van der Waals surface area (Å²) < 4.78 is 6.28. The normalized spacial score (nSPS) is 11.7. The molecule has 0 saturated carbocycles. The van der Waals surface area contributed by atoms with Gasteiger partial charge in [0.05, 0.1) is 18.4 Å². The molecule has 0 aliphatic heterocycles. The SMILES string of the molecule is COC(=O)c1ccc(-n2ccc(C(C)c3ccc(C(C)=O)c(SC(N)=O)c3)n2)nc1. The van der Waals surface area contributed by atoms with Gasteiger partial charge in [0.2, 0.25) is 0 Å². The van der Waals surface area contributed by atoms with Crippen LogP contribution in [0.15, 0.2) is 53.7 Å². The molecule has 0 spiro atoms. The number of benzene rings is 1. The molecule has 0 fully saturated rings. The number of aromatic nitrogens is 3. The van der Waals surface area contributed by atoms with E-state index in [9.17, 15) is 14.4 Å². The van der Waals surface area contributed by atoms with Crippen LogP contribution in [-0.4, -0.2) is 38.9 Å². The highest BCUT2D eigenvalue weighted by Crippen LogP contribution is 2.30. The van der Waals surface area contributed by atoms with E-state index in [2.05, 4.69) is 14.8 Å². The van der Waals surface area contributed by atoms with E-state index in [0.29, 0.717) is 21.8 Å². The smallest absolute Gasteiger partial charge is 0.339 e. The molecule has 154 valence electrons. The molecule has 2 aromatic heterocycles. The van der Waals surface area contributed by atoms with Gasteiger partial charge in [-0.25, -0.2) is 14.5 Å². The number of amides is 1. The Bertz CT molecular complexity index is 1110. The molecule has 0 radical (unpaired) electrons. The fourth-order valence-corrected chi connectivity index (χ4v) is 3.65. The molecule has 9 heteroatoms. The Morgan fingerprint density at radius 1 is 1.17 bits per heavy atom. The highest BCUT2D eigenvalue weighted by Gasteiger charge is 2.17. The first-order valence-electron chi connectivity index (χ1n) is 9.02. The predicted molar refractivity (Wildman–Crippen MR) is 112 cm³/mol. The lowest BCUT2D eigenvalue weighted by Gasteiger charge is -2.13. The van der Waals surface area contributed by atoms with E-state index in [1.807, 2.05) is 19.1 Å². The maximum Gasteiger partial charge on any atom is 0.339 e. The Kier molecular flexibility index (Phi) is 6.31. The van der Waals surface area contributed by atoms with Crippen LogP contribution in [-0.2, 0) is 4.74 Å². The molecule has 0 aliphatic carbocycles. The van der Waals surface area contributed by atoms with Gasteiger partial charge in [-0.1, -0.05) is 13.0 Å². The van der Waals surface area contributed by atoms with Crippen LogP contribution in [0.4, 0.5) is 4.79 Å². The first-order chi connectivity index (χ1) is 14.3. The van der Waals surface area contributed by atoms with Crippen molar-refractivity contribution < 1.29 is 19.1 Å². The maximum atomic E-state index is 11.8.